The van der Waals surface area contributed by atoms with Gasteiger partial charge < -0.3 is 14.9 Å². The molecule has 0 bridgehead atoms. The number of halogens is 1. The minimum atomic E-state index is 0.442. The summed E-state index contributed by atoms with van der Waals surface area (Å²) in [5.74, 6) is 2.01. The molecule has 148 valence electrons. The van der Waals surface area contributed by atoms with Gasteiger partial charge in [-0.15, -0.1) is 0 Å². The van der Waals surface area contributed by atoms with Crippen molar-refractivity contribution in [3.05, 3.63) is 68.7 Å². The maximum absolute atomic E-state index is 6.49. The average molecular weight is 419 g/mol. The Bertz CT molecular complexity index is 998. The Labute approximate surface area is 174 Å². The van der Waals surface area contributed by atoms with E-state index in [2.05, 4.69) is 34.7 Å². The van der Waals surface area contributed by atoms with Gasteiger partial charge in [-0.3, -0.25) is 5.10 Å². The van der Waals surface area contributed by atoms with Gasteiger partial charge in [0.15, 0.2) is 11.5 Å². The van der Waals surface area contributed by atoms with Gasteiger partial charge in [-0.2, -0.15) is 5.10 Å². The zero-order valence-corrected chi connectivity index (χ0v) is 17.7. The summed E-state index contributed by atoms with van der Waals surface area (Å²) in [5, 5.41) is 7.40. The van der Waals surface area contributed by atoms with Crippen molar-refractivity contribution in [3.63, 3.8) is 0 Å². The molecule has 8 heteroatoms. The Hall–Kier alpha value is -2.51. The zero-order chi connectivity index (χ0) is 20.1. The number of H-pyrrole nitrogens is 1. The monoisotopic (exact) mass is 418 g/mol. The highest BCUT2D eigenvalue weighted by Gasteiger charge is 2.12. The molecule has 0 amide bonds. The molecular formula is C20H23ClN4O2S. The summed E-state index contributed by atoms with van der Waals surface area (Å²) in [6.45, 7) is 7.28. The van der Waals surface area contributed by atoms with Crippen molar-refractivity contribution >= 4 is 23.8 Å². The van der Waals surface area contributed by atoms with Gasteiger partial charge in [-0.1, -0.05) is 41.4 Å². The van der Waals surface area contributed by atoms with Crippen LogP contribution in [0.25, 0.3) is 0 Å². The fourth-order valence-corrected chi connectivity index (χ4v) is 3.13. The standard InChI is InChI=1S/C20H23ClN4O2S/c1-4-26-18-9-16(11-22-25-14(3)23-24-20(25)28)17(21)10-19(18)27-12-15-7-5-13(2)6-8-15/h5-10,22H,4,11-12H2,1-3H3,(H,24,28). The third-order valence-electron chi connectivity index (χ3n) is 4.20. The lowest BCUT2D eigenvalue weighted by Gasteiger charge is -2.16. The lowest BCUT2D eigenvalue weighted by molar-refractivity contribution is 0.269. The number of ether oxygens (including phenoxy) is 2. The number of rotatable bonds is 8. The number of nitrogens with zero attached hydrogens (tertiary/aromatic N) is 2. The lowest BCUT2D eigenvalue weighted by Crippen LogP contribution is -2.16. The van der Waals surface area contributed by atoms with Gasteiger partial charge in [-0.25, -0.2) is 4.68 Å². The highest BCUT2D eigenvalue weighted by atomic mass is 35.5. The van der Waals surface area contributed by atoms with E-state index < -0.39 is 0 Å². The Balaban J connectivity index is 1.77. The van der Waals surface area contributed by atoms with Gasteiger partial charge in [0.2, 0.25) is 4.77 Å². The van der Waals surface area contributed by atoms with E-state index in [1.54, 1.807) is 10.7 Å². The molecule has 6 nitrogen and oxygen atoms in total. The predicted molar refractivity (Wildman–Crippen MR) is 113 cm³/mol. The van der Waals surface area contributed by atoms with Crippen molar-refractivity contribution in [2.24, 2.45) is 0 Å². The highest BCUT2D eigenvalue weighted by molar-refractivity contribution is 7.71. The first-order valence-electron chi connectivity index (χ1n) is 8.99. The van der Waals surface area contributed by atoms with Crippen LogP contribution in [0.4, 0.5) is 0 Å². The van der Waals surface area contributed by atoms with Crippen LogP contribution < -0.4 is 14.9 Å². The van der Waals surface area contributed by atoms with Crippen molar-refractivity contribution < 1.29 is 9.47 Å². The number of nitrogens with one attached hydrogen (secondary N) is 2. The molecule has 0 fully saturated rings. The Morgan fingerprint density at radius 1 is 1.14 bits per heavy atom. The van der Waals surface area contributed by atoms with Crippen molar-refractivity contribution in [2.45, 2.75) is 33.9 Å². The van der Waals surface area contributed by atoms with Crippen LogP contribution in [0.1, 0.15) is 29.4 Å². The Morgan fingerprint density at radius 2 is 1.86 bits per heavy atom. The van der Waals surface area contributed by atoms with Crippen LogP contribution in [-0.2, 0) is 13.2 Å². The quantitative estimate of drug-likeness (QED) is 0.507. The van der Waals surface area contributed by atoms with Gasteiger partial charge in [-0.05, 0) is 50.2 Å². The summed E-state index contributed by atoms with van der Waals surface area (Å²) < 4.78 is 13.9. The number of aromatic nitrogens is 3. The summed E-state index contributed by atoms with van der Waals surface area (Å²) in [7, 11) is 0. The fraction of sp³-hybridized carbons (Fsp3) is 0.300. The molecule has 0 radical (unpaired) electrons. The fourth-order valence-electron chi connectivity index (χ4n) is 2.67. The van der Waals surface area contributed by atoms with Gasteiger partial charge in [0.1, 0.15) is 12.4 Å². The Morgan fingerprint density at radius 3 is 2.50 bits per heavy atom. The van der Waals surface area contributed by atoms with Crippen LogP contribution in [-0.4, -0.2) is 21.5 Å². The number of aryl methyl sites for hydroxylation is 2. The maximum Gasteiger partial charge on any atom is 0.214 e. The van der Waals surface area contributed by atoms with E-state index in [1.807, 2.05) is 32.0 Å². The molecule has 0 unspecified atom stereocenters. The van der Waals surface area contributed by atoms with Crippen LogP contribution >= 0.6 is 23.8 Å². The minimum Gasteiger partial charge on any atom is -0.490 e. The number of hydrogen-bond acceptors (Lipinski definition) is 5. The topological polar surface area (TPSA) is 64.1 Å². The highest BCUT2D eigenvalue weighted by Crippen LogP contribution is 2.34. The smallest absolute Gasteiger partial charge is 0.214 e. The van der Waals surface area contributed by atoms with E-state index in [1.165, 1.54) is 5.56 Å². The molecule has 1 aromatic heterocycles. The molecule has 28 heavy (non-hydrogen) atoms. The largest absolute Gasteiger partial charge is 0.490 e. The van der Waals surface area contributed by atoms with E-state index in [-0.39, 0.29) is 0 Å². The van der Waals surface area contributed by atoms with Crippen molar-refractivity contribution in [1.29, 1.82) is 0 Å². The number of hydrogen-bond donors (Lipinski definition) is 2. The predicted octanol–water partition coefficient (Wildman–Crippen LogP) is 4.93. The van der Waals surface area contributed by atoms with E-state index in [0.717, 1.165) is 17.0 Å². The van der Waals surface area contributed by atoms with Gasteiger partial charge in [0, 0.05) is 11.1 Å². The first-order valence-corrected chi connectivity index (χ1v) is 9.78. The lowest BCUT2D eigenvalue weighted by atomic mass is 10.1. The average Bonchev–Trinajstić information content (AvgIpc) is 3.00. The third-order valence-corrected chi connectivity index (χ3v) is 4.82. The molecule has 0 saturated heterocycles. The molecule has 2 N–H and O–H groups in total. The van der Waals surface area contributed by atoms with Crippen LogP contribution in [0, 0.1) is 18.6 Å². The molecular weight excluding hydrogens is 396 g/mol. The van der Waals surface area contributed by atoms with Crippen LogP contribution in [0.2, 0.25) is 5.02 Å². The molecule has 3 rings (SSSR count). The van der Waals surface area contributed by atoms with Crippen LogP contribution in [0.3, 0.4) is 0 Å². The van der Waals surface area contributed by atoms with Crippen LogP contribution in [0.5, 0.6) is 11.5 Å². The van der Waals surface area contributed by atoms with E-state index in [9.17, 15) is 0 Å². The van der Waals surface area contributed by atoms with Gasteiger partial charge >= 0.3 is 0 Å². The second-order valence-corrected chi connectivity index (χ2v) is 7.14. The molecule has 0 atom stereocenters. The molecule has 0 aliphatic rings. The maximum atomic E-state index is 6.49. The second-order valence-electron chi connectivity index (χ2n) is 6.34. The number of benzene rings is 2. The van der Waals surface area contributed by atoms with Crippen molar-refractivity contribution in [2.75, 3.05) is 12.0 Å². The second kappa shape index (κ2) is 9.12. The van der Waals surface area contributed by atoms with E-state index in [0.29, 0.717) is 41.1 Å². The first-order chi connectivity index (χ1) is 13.5. The first kappa shape index (κ1) is 20.2. The van der Waals surface area contributed by atoms with Crippen molar-refractivity contribution in [3.8, 4) is 11.5 Å². The number of aromatic amines is 1. The van der Waals surface area contributed by atoms with E-state index >= 15 is 0 Å². The SMILES string of the molecule is CCOc1cc(CNn2c(C)n[nH]c2=S)c(Cl)cc1OCc1ccc(C)cc1. The van der Waals surface area contributed by atoms with Gasteiger partial charge in [0.05, 0.1) is 13.2 Å². The normalized spacial score (nSPS) is 10.7. The minimum absolute atomic E-state index is 0.442. The summed E-state index contributed by atoms with van der Waals surface area (Å²) in [6, 6.07) is 11.9. The summed E-state index contributed by atoms with van der Waals surface area (Å²) >= 11 is 11.7. The van der Waals surface area contributed by atoms with Crippen molar-refractivity contribution in [1.82, 2.24) is 14.9 Å². The third kappa shape index (κ3) is 4.85. The Kier molecular flexibility index (Phi) is 6.59. The zero-order valence-electron chi connectivity index (χ0n) is 16.1. The molecule has 0 spiro atoms. The molecule has 2 aromatic carbocycles. The summed E-state index contributed by atoms with van der Waals surface area (Å²) in [4.78, 5) is 0. The summed E-state index contributed by atoms with van der Waals surface area (Å²) in [5.41, 5.74) is 6.38. The molecule has 3 aromatic rings. The molecule has 0 aliphatic carbocycles. The molecule has 0 aliphatic heterocycles. The molecule has 0 saturated carbocycles. The van der Waals surface area contributed by atoms with Crippen LogP contribution in [0.15, 0.2) is 36.4 Å². The van der Waals surface area contributed by atoms with Gasteiger partial charge in [0.25, 0.3) is 0 Å². The molecule has 1 heterocycles. The van der Waals surface area contributed by atoms with E-state index in [4.69, 9.17) is 33.3 Å². The summed E-state index contributed by atoms with van der Waals surface area (Å²) in [6.07, 6.45) is 0.